The van der Waals surface area contributed by atoms with Gasteiger partial charge in [0.05, 0.1) is 19.4 Å². The van der Waals surface area contributed by atoms with Crippen LogP contribution in [0.5, 0.6) is 17.2 Å². The Kier molecular flexibility index (Phi) is 7.13. The van der Waals surface area contributed by atoms with Crippen molar-refractivity contribution in [2.24, 2.45) is 0 Å². The van der Waals surface area contributed by atoms with Crippen molar-refractivity contribution in [1.82, 2.24) is 5.32 Å². The molecule has 0 fully saturated rings. The smallest absolute Gasteiger partial charge is 0.291 e. The van der Waals surface area contributed by atoms with Gasteiger partial charge in [-0.1, -0.05) is 30.3 Å². The Morgan fingerprint density at radius 1 is 1.09 bits per heavy atom. The average molecular weight is 459 g/mol. The van der Waals surface area contributed by atoms with Gasteiger partial charge in [0, 0.05) is 17.7 Å². The van der Waals surface area contributed by atoms with E-state index < -0.39 is 5.91 Å². The van der Waals surface area contributed by atoms with Gasteiger partial charge in [-0.25, -0.2) is 0 Å². The normalized spacial score (nSPS) is 13.5. The molecule has 0 unspecified atom stereocenters. The maximum atomic E-state index is 12.6. The number of para-hydroxylation sites is 1. The number of hydrogen-bond acceptors (Lipinski definition) is 5. The first-order valence-corrected chi connectivity index (χ1v) is 11.0. The standard InChI is InChI=1S/C27H26N2O5/c1-3-33-21-11-8-18(9-12-21)14-15-28-26(30)20-10-13-24-22(16-20)29-27(31)25(34-24)17-19-6-4-5-7-23(19)32-2/h4-13,16-17H,3,14-15H2,1-2H3,(H,28,30)(H,29,31)/b25-17-. The van der Waals surface area contributed by atoms with Gasteiger partial charge in [0.25, 0.3) is 11.8 Å². The third kappa shape index (κ3) is 5.38. The highest BCUT2D eigenvalue weighted by molar-refractivity contribution is 6.09. The van der Waals surface area contributed by atoms with E-state index in [0.29, 0.717) is 42.3 Å². The van der Waals surface area contributed by atoms with Crippen molar-refractivity contribution in [2.75, 3.05) is 25.6 Å². The number of nitrogens with one attached hydrogen (secondary N) is 2. The highest BCUT2D eigenvalue weighted by atomic mass is 16.5. The summed E-state index contributed by atoms with van der Waals surface area (Å²) in [6.07, 6.45) is 2.32. The molecule has 0 saturated heterocycles. The number of amides is 2. The van der Waals surface area contributed by atoms with Crippen molar-refractivity contribution in [3.05, 3.63) is 89.2 Å². The van der Waals surface area contributed by atoms with E-state index in [4.69, 9.17) is 14.2 Å². The molecule has 4 rings (SSSR count). The summed E-state index contributed by atoms with van der Waals surface area (Å²) in [6.45, 7) is 3.05. The number of hydrogen-bond donors (Lipinski definition) is 2. The summed E-state index contributed by atoms with van der Waals surface area (Å²) >= 11 is 0. The summed E-state index contributed by atoms with van der Waals surface area (Å²) in [5, 5.41) is 5.71. The largest absolute Gasteiger partial charge is 0.496 e. The van der Waals surface area contributed by atoms with Crippen LogP contribution in [0.15, 0.2) is 72.5 Å². The Morgan fingerprint density at radius 3 is 2.65 bits per heavy atom. The van der Waals surface area contributed by atoms with Crippen LogP contribution in [0.3, 0.4) is 0 Å². The zero-order valence-electron chi connectivity index (χ0n) is 19.1. The van der Waals surface area contributed by atoms with E-state index in [2.05, 4.69) is 10.6 Å². The van der Waals surface area contributed by atoms with Crippen LogP contribution < -0.4 is 24.8 Å². The maximum Gasteiger partial charge on any atom is 0.291 e. The van der Waals surface area contributed by atoms with Crippen LogP contribution in [-0.4, -0.2) is 32.1 Å². The lowest BCUT2D eigenvalue weighted by Crippen LogP contribution is -2.27. The first-order valence-electron chi connectivity index (χ1n) is 11.0. The molecule has 0 atom stereocenters. The van der Waals surface area contributed by atoms with Gasteiger partial charge >= 0.3 is 0 Å². The number of carbonyl (C=O) groups excluding carboxylic acids is 2. The van der Waals surface area contributed by atoms with Gasteiger partial charge in [0.1, 0.15) is 11.5 Å². The van der Waals surface area contributed by atoms with E-state index in [9.17, 15) is 9.59 Å². The maximum absolute atomic E-state index is 12.6. The monoisotopic (exact) mass is 458 g/mol. The van der Waals surface area contributed by atoms with E-state index in [1.807, 2.05) is 55.5 Å². The molecular formula is C27H26N2O5. The average Bonchev–Trinajstić information content (AvgIpc) is 2.85. The number of benzene rings is 3. The van der Waals surface area contributed by atoms with E-state index in [0.717, 1.165) is 16.9 Å². The van der Waals surface area contributed by atoms with E-state index in [-0.39, 0.29) is 11.7 Å². The SMILES string of the molecule is CCOc1ccc(CCNC(=O)c2ccc3c(c2)NC(=O)/C(=C/c2ccccc2OC)O3)cc1. The summed E-state index contributed by atoms with van der Waals surface area (Å²) in [5.41, 5.74) is 2.71. The summed E-state index contributed by atoms with van der Waals surface area (Å²) in [4.78, 5) is 25.2. The lowest BCUT2D eigenvalue weighted by atomic mass is 10.1. The molecule has 1 aliphatic rings. The fourth-order valence-corrected chi connectivity index (χ4v) is 3.57. The lowest BCUT2D eigenvalue weighted by Gasteiger charge is -2.20. The molecule has 7 heteroatoms. The Morgan fingerprint density at radius 2 is 1.88 bits per heavy atom. The van der Waals surface area contributed by atoms with Crippen LogP contribution in [0.1, 0.15) is 28.4 Å². The van der Waals surface area contributed by atoms with Crippen molar-refractivity contribution < 1.29 is 23.8 Å². The molecule has 0 aliphatic carbocycles. The van der Waals surface area contributed by atoms with Gasteiger partial charge in [-0.05, 0) is 61.4 Å². The molecule has 3 aromatic carbocycles. The Balaban J connectivity index is 1.39. The molecule has 3 aromatic rings. The summed E-state index contributed by atoms with van der Waals surface area (Å²) < 4.78 is 16.6. The van der Waals surface area contributed by atoms with E-state index >= 15 is 0 Å². The van der Waals surface area contributed by atoms with Crippen LogP contribution in [0.2, 0.25) is 0 Å². The second-order valence-electron chi connectivity index (χ2n) is 7.60. The van der Waals surface area contributed by atoms with Crippen LogP contribution in [0.25, 0.3) is 6.08 Å². The zero-order valence-corrected chi connectivity index (χ0v) is 19.1. The first-order chi connectivity index (χ1) is 16.6. The van der Waals surface area contributed by atoms with Crippen LogP contribution >= 0.6 is 0 Å². The number of ether oxygens (including phenoxy) is 3. The van der Waals surface area contributed by atoms with Gasteiger partial charge in [0.2, 0.25) is 0 Å². The molecule has 34 heavy (non-hydrogen) atoms. The minimum Gasteiger partial charge on any atom is -0.496 e. The molecule has 1 aliphatic heterocycles. The molecule has 0 saturated carbocycles. The molecule has 0 aromatic heterocycles. The fraction of sp³-hybridized carbons (Fsp3) is 0.185. The molecular weight excluding hydrogens is 432 g/mol. The topological polar surface area (TPSA) is 85.9 Å². The van der Waals surface area contributed by atoms with E-state index in [1.54, 1.807) is 31.4 Å². The number of methoxy groups -OCH3 is 1. The summed E-state index contributed by atoms with van der Waals surface area (Å²) in [7, 11) is 1.57. The van der Waals surface area contributed by atoms with Gasteiger partial charge in [-0.3, -0.25) is 9.59 Å². The predicted molar refractivity (Wildman–Crippen MR) is 130 cm³/mol. The van der Waals surface area contributed by atoms with Crippen molar-refractivity contribution in [3.63, 3.8) is 0 Å². The molecule has 7 nitrogen and oxygen atoms in total. The molecule has 2 amide bonds. The predicted octanol–water partition coefficient (Wildman–Crippen LogP) is 4.44. The zero-order chi connectivity index (χ0) is 23.9. The molecule has 174 valence electrons. The Bertz CT molecular complexity index is 1220. The highest BCUT2D eigenvalue weighted by Gasteiger charge is 2.23. The van der Waals surface area contributed by atoms with Gasteiger partial charge in [-0.15, -0.1) is 0 Å². The number of carbonyl (C=O) groups is 2. The Hall–Kier alpha value is -4.26. The minimum absolute atomic E-state index is 0.143. The van der Waals surface area contributed by atoms with Crippen LogP contribution in [0.4, 0.5) is 5.69 Å². The van der Waals surface area contributed by atoms with Gasteiger partial charge in [0.15, 0.2) is 11.5 Å². The first kappa shape index (κ1) is 22.9. The summed E-state index contributed by atoms with van der Waals surface area (Å²) in [5.74, 6) is 1.45. The van der Waals surface area contributed by atoms with Crippen molar-refractivity contribution in [1.29, 1.82) is 0 Å². The van der Waals surface area contributed by atoms with Gasteiger partial charge < -0.3 is 24.8 Å². The van der Waals surface area contributed by atoms with Crippen molar-refractivity contribution >= 4 is 23.6 Å². The minimum atomic E-state index is -0.397. The number of rotatable bonds is 8. The second-order valence-corrected chi connectivity index (χ2v) is 7.60. The molecule has 0 spiro atoms. The second kappa shape index (κ2) is 10.6. The fourth-order valence-electron chi connectivity index (χ4n) is 3.57. The lowest BCUT2D eigenvalue weighted by molar-refractivity contribution is -0.115. The van der Waals surface area contributed by atoms with Crippen LogP contribution in [-0.2, 0) is 11.2 Å². The number of fused-ring (bicyclic) bond motifs is 1. The van der Waals surface area contributed by atoms with Gasteiger partial charge in [-0.2, -0.15) is 0 Å². The molecule has 0 radical (unpaired) electrons. The Labute approximate surface area is 198 Å². The quantitative estimate of drug-likeness (QED) is 0.488. The van der Waals surface area contributed by atoms with Crippen LogP contribution in [0, 0.1) is 0 Å². The molecule has 0 bridgehead atoms. The van der Waals surface area contributed by atoms with E-state index in [1.165, 1.54) is 0 Å². The number of anilines is 1. The van der Waals surface area contributed by atoms with Crippen molar-refractivity contribution in [2.45, 2.75) is 13.3 Å². The third-order valence-electron chi connectivity index (χ3n) is 5.29. The summed E-state index contributed by atoms with van der Waals surface area (Å²) in [6, 6.07) is 20.1. The highest BCUT2D eigenvalue weighted by Crippen LogP contribution is 2.33. The molecule has 1 heterocycles. The van der Waals surface area contributed by atoms with Crippen molar-refractivity contribution in [3.8, 4) is 17.2 Å². The molecule has 2 N–H and O–H groups in total. The third-order valence-corrected chi connectivity index (χ3v) is 5.29.